The minimum Gasteiger partial charge on any atom is -0.342 e. The minimum absolute atomic E-state index is 0.234. The Labute approximate surface area is 119 Å². The third-order valence-electron chi connectivity index (χ3n) is 3.59. The van der Waals surface area contributed by atoms with E-state index in [9.17, 15) is 4.79 Å². The number of carbonyl (C=O) groups excluding carboxylic acids is 1. The zero-order valence-corrected chi connectivity index (χ0v) is 12.5. The second kappa shape index (κ2) is 6.44. The summed E-state index contributed by atoms with van der Waals surface area (Å²) < 4.78 is 0. The fourth-order valence-corrected chi connectivity index (χ4v) is 3.27. The van der Waals surface area contributed by atoms with E-state index in [2.05, 4.69) is 32.0 Å². The number of aryl methyl sites for hydroxylation is 2. The molecule has 4 heteroatoms. The lowest BCUT2D eigenvalue weighted by molar-refractivity contribution is -0.129. The maximum atomic E-state index is 12.1. The van der Waals surface area contributed by atoms with Gasteiger partial charge in [-0.15, -0.1) is 11.8 Å². The van der Waals surface area contributed by atoms with E-state index in [-0.39, 0.29) is 11.9 Å². The molecule has 1 aliphatic rings. The van der Waals surface area contributed by atoms with Crippen molar-refractivity contribution in [3.8, 4) is 0 Å². The average Bonchev–Trinajstić information content (AvgIpc) is 2.40. The van der Waals surface area contributed by atoms with Crippen LogP contribution in [0.4, 0.5) is 0 Å². The van der Waals surface area contributed by atoms with E-state index in [1.54, 1.807) is 11.8 Å². The van der Waals surface area contributed by atoms with Crippen LogP contribution in [0.15, 0.2) is 23.1 Å². The number of rotatable bonds is 3. The van der Waals surface area contributed by atoms with Gasteiger partial charge in [0.25, 0.3) is 0 Å². The Morgan fingerprint density at radius 3 is 2.74 bits per heavy atom. The van der Waals surface area contributed by atoms with E-state index in [4.69, 9.17) is 5.73 Å². The molecule has 104 valence electrons. The second-order valence-corrected chi connectivity index (χ2v) is 6.29. The van der Waals surface area contributed by atoms with E-state index in [1.165, 1.54) is 16.0 Å². The van der Waals surface area contributed by atoms with Crippen LogP contribution in [0.25, 0.3) is 0 Å². The van der Waals surface area contributed by atoms with Crippen LogP contribution in [-0.2, 0) is 4.79 Å². The van der Waals surface area contributed by atoms with E-state index in [0.29, 0.717) is 5.75 Å². The Balaban J connectivity index is 1.88. The van der Waals surface area contributed by atoms with Gasteiger partial charge in [-0.25, -0.2) is 0 Å². The van der Waals surface area contributed by atoms with Crippen molar-refractivity contribution >= 4 is 17.7 Å². The number of amides is 1. The molecule has 2 rings (SSSR count). The van der Waals surface area contributed by atoms with Crippen LogP contribution >= 0.6 is 11.8 Å². The molecule has 1 aromatic carbocycles. The summed E-state index contributed by atoms with van der Waals surface area (Å²) in [5.41, 5.74) is 8.34. The maximum Gasteiger partial charge on any atom is 0.232 e. The lowest BCUT2D eigenvalue weighted by Gasteiger charge is -2.30. The van der Waals surface area contributed by atoms with Gasteiger partial charge in [0.1, 0.15) is 0 Å². The van der Waals surface area contributed by atoms with E-state index < -0.39 is 0 Å². The van der Waals surface area contributed by atoms with Gasteiger partial charge in [-0.3, -0.25) is 4.79 Å². The number of nitrogens with two attached hydrogens (primary N) is 1. The van der Waals surface area contributed by atoms with Crippen LogP contribution in [0.5, 0.6) is 0 Å². The van der Waals surface area contributed by atoms with Gasteiger partial charge in [0.2, 0.25) is 5.91 Å². The third kappa shape index (κ3) is 3.98. The first-order valence-electron chi connectivity index (χ1n) is 6.79. The molecule has 0 saturated carbocycles. The van der Waals surface area contributed by atoms with Crippen molar-refractivity contribution in [2.24, 2.45) is 5.73 Å². The number of nitrogens with zero attached hydrogens (tertiary/aromatic N) is 1. The largest absolute Gasteiger partial charge is 0.342 e. The van der Waals surface area contributed by atoms with Gasteiger partial charge in [0.05, 0.1) is 5.75 Å². The summed E-state index contributed by atoms with van der Waals surface area (Å²) in [5, 5.41) is 0. The lowest BCUT2D eigenvalue weighted by Crippen LogP contribution is -2.43. The molecule has 0 atom stereocenters. The van der Waals surface area contributed by atoms with Crippen molar-refractivity contribution in [3.63, 3.8) is 0 Å². The lowest BCUT2D eigenvalue weighted by atomic mass is 10.1. The number of thioether (sulfide) groups is 1. The Kier molecular flexibility index (Phi) is 4.88. The second-order valence-electron chi connectivity index (χ2n) is 5.28. The topological polar surface area (TPSA) is 46.3 Å². The SMILES string of the molecule is Cc1ccc(C)c(SCC(=O)N2CCC(N)CC2)c1. The van der Waals surface area contributed by atoms with Crippen molar-refractivity contribution in [3.05, 3.63) is 29.3 Å². The summed E-state index contributed by atoms with van der Waals surface area (Å²) in [4.78, 5) is 15.3. The molecule has 1 fully saturated rings. The van der Waals surface area contributed by atoms with Crippen LogP contribution in [0.3, 0.4) is 0 Å². The highest BCUT2D eigenvalue weighted by atomic mass is 32.2. The molecule has 1 amide bonds. The van der Waals surface area contributed by atoms with Gasteiger partial charge in [-0.1, -0.05) is 17.7 Å². The maximum absolute atomic E-state index is 12.1. The van der Waals surface area contributed by atoms with Crippen LogP contribution in [0.2, 0.25) is 0 Å². The number of piperidine rings is 1. The van der Waals surface area contributed by atoms with Gasteiger partial charge in [0.15, 0.2) is 0 Å². The summed E-state index contributed by atoms with van der Waals surface area (Å²) in [5.74, 6) is 0.761. The molecule has 0 aromatic heterocycles. The summed E-state index contributed by atoms with van der Waals surface area (Å²) in [6, 6.07) is 6.64. The molecule has 1 aliphatic heterocycles. The Hall–Kier alpha value is -1.00. The summed E-state index contributed by atoms with van der Waals surface area (Å²) >= 11 is 1.64. The smallest absolute Gasteiger partial charge is 0.232 e. The highest BCUT2D eigenvalue weighted by Crippen LogP contribution is 2.24. The van der Waals surface area contributed by atoms with Gasteiger partial charge >= 0.3 is 0 Å². The van der Waals surface area contributed by atoms with Crippen LogP contribution in [0.1, 0.15) is 24.0 Å². The first-order chi connectivity index (χ1) is 9.06. The first-order valence-corrected chi connectivity index (χ1v) is 7.78. The molecular weight excluding hydrogens is 256 g/mol. The molecule has 1 heterocycles. The summed E-state index contributed by atoms with van der Waals surface area (Å²) in [6.45, 7) is 5.80. The van der Waals surface area contributed by atoms with Crippen LogP contribution in [-0.4, -0.2) is 35.7 Å². The molecule has 0 bridgehead atoms. The molecule has 0 radical (unpaired) electrons. The van der Waals surface area contributed by atoms with E-state index in [0.717, 1.165) is 25.9 Å². The predicted octanol–water partition coefficient (Wildman–Crippen LogP) is 2.35. The zero-order valence-electron chi connectivity index (χ0n) is 11.7. The Bertz CT molecular complexity index is 453. The van der Waals surface area contributed by atoms with E-state index in [1.807, 2.05) is 4.90 Å². The Morgan fingerprint density at radius 1 is 1.37 bits per heavy atom. The van der Waals surface area contributed by atoms with Crippen molar-refractivity contribution in [2.45, 2.75) is 37.6 Å². The zero-order chi connectivity index (χ0) is 13.8. The van der Waals surface area contributed by atoms with E-state index >= 15 is 0 Å². The van der Waals surface area contributed by atoms with Gasteiger partial charge in [0, 0.05) is 24.0 Å². The number of hydrogen-bond donors (Lipinski definition) is 1. The molecular formula is C15H22N2OS. The molecule has 2 N–H and O–H groups in total. The predicted molar refractivity (Wildman–Crippen MR) is 80.4 cm³/mol. The van der Waals surface area contributed by atoms with Crippen LogP contribution < -0.4 is 5.73 Å². The number of benzene rings is 1. The summed E-state index contributed by atoms with van der Waals surface area (Å²) in [7, 11) is 0. The fraction of sp³-hybridized carbons (Fsp3) is 0.533. The number of carbonyl (C=O) groups is 1. The number of likely N-dealkylation sites (tertiary alicyclic amines) is 1. The standard InChI is InChI=1S/C15H22N2OS/c1-11-3-4-12(2)14(9-11)19-10-15(18)17-7-5-13(16)6-8-17/h3-4,9,13H,5-8,10,16H2,1-2H3. The highest BCUT2D eigenvalue weighted by Gasteiger charge is 2.20. The molecule has 3 nitrogen and oxygen atoms in total. The normalized spacial score (nSPS) is 16.7. The quantitative estimate of drug-likeness (QED) is 0.863. The molecule has 0 aliphatic carbocycles. The van der Waals surface area contributed by atoms with Crippen molar-refractivity contribution < 1.29 is 4.79 Å². The molecule has 1 aromatic rings. The summed E-state index contributed by atoms with van der Waals surface area (Å²) in [6.07, 6.45) is 1.86. The Morgan fingerprint density at radius 2 is 2.05 bits per heavy atom. The fourth-order valence-electron chi connectivity index (χ4n) is 2.24. The number of hydrogen-bond acceptors (Lipinski definition) is 3. The monoisotopic (exact) mass is 278 g/mol. The molecule has 19 heavy (non-hydrogen) atoms. The highest BCUT2D eigenvalue weighted by molar-refractivity contribution is 8.00. The van der Waals surface area contributed by atoms with Crippen molar-refractivity contribution in [1.29, 1.82) is 0 Å². The van der Waals surface area contributed by atoms with Crippen molar-refractivity contribution in [2.75, 3.05) is 18.8 Å². The molecule has 0 unspecified atom stereocenters. The van der Waals surface area contributed by atoms with Crippen LogP contribution in [0, 0.1) is 13.8 Å². The first kappa shape index (κ1) is 14.4. The molecule has 1 saturated heterocycles. The minimum atomic E-state index is 0.234. The third-order valence-corrected chi connectivity index (χ3v) is 4.73. The van der Waals surface area contributed by atoms with Gasteiger partial charge in [-0.2, -0.15) is 0 Å². The van der Waals surface area contributed by atoms with Crippen molar-refractivity contribution in [1.82, 2.24) is 4.90 Å². The molecule has 0 spiro atoms. The van der Waals surface area contributed by atoms with Gasteiger partial charge in [-0.05, 0) is 38.3 Å². The van der Waals surface area contributed by atoms with Gasteiger partial charge < -0.3 is 10.6 Å². The average molecular weight is 278 g/mol.